The van der Waals surface area contributed by atoms with E-state index < -0.39 is 7.60 Å². The van der Waals surface area contributed by atoms with Gasteiger partial charge in [0.25, 0.3) is 5.91 Å². The van der Waals surface area contributed by atoms with Gasteiger partial charge in [0.1, 0.15) is 0 Å². The summed E-state index contributed by atoms with van der Waals surface area (Å²) < 4.78 is 11.2. The van der Waals surface area contributed by atoms with E-state index in [-0.39, 0.29) is 17.5 Å². The highest BCUT2D eigenvalue weighted by molar-refractivity contribution is 7.50. The van der Waals surface area contributed by atoms with Gasteiger partial charge in [-0.1, -0.05) is 17.7 Å². The Morgan fingerprint density at radius 2 is 1.73 bits per heavy atom. The van der Waals surface area contributed by atoms with Crippen molar-refractivity contribution in [3.05, 3.63) is 34.3 Å². The van der Waals surface area contributed by atoms with Gasteiger partial charge in [-0.15, -0.1) is 0 Å². The van der Waals surface area contributed by atoms with Crippen LogP contribution in [-0.4, -0.2) is 22.2 Å². The minimum Gasteiger partial charge on any atom is -0.351 e. The Kier molecular flexibility index (Phi) is 4.71. The van der Waals surface area contributed by atoms with Crippen LogP contribution in [-0.2, 0) is 10.7 Å². The van der Waals surface area contributed by atoms with Gasteiger partial charge >= 0.3 is 7.60 Å². The first kappa shape index (κ1) is 18.5. The highest BCUT2D eigenvalue weighted by Gasteiger charge is 2.50. The second-order valence-corrected chi connectivity index (χ2v) is 10.8. The summed E-state index contributed by atoms with van der Waals surface area (Å²) in [6, 6.07) is 4.58. The molecule has 3 N–H and O–H groups in total. The van der Waals surface area contributed by atoms with Gasteiger partial charge in [-0.2, -0.15) is 0 Å². The van der Waals surface area contributed by atoms with E-state index in [4.69, 9.17) is 21.4 Å². The predicted molar refractivity (Wildman–Crippen MR) is 100 cm³/mol. The molecular weight excluding hydrogens is 373 g/mol. The Balaban J connectivity index is 1.45. The maximum absolute atomic E-state index is 12.7. The van der Waals surface area contributed by atoms with Crippen molar-refractivity contribution in [3.63, 3.8) is 0 Å². The molecule has 0 heterocycles. The first-order valence-corrected chi connectivity index (χ1v) is 11.5. The zero-order valence-corrected chi connectivity index (χ0v) is 16.3. The second kappa shape index (κ2) is 6.63. The molecule has 4 aliphatic rings. The monoisotopic (exact) mass is 397 g/mol. The normalized spacial score (nSPS) is 32.7. The average Bonchev–Trinajstić information content (AvgIpc) is 2.52. The summed E-state index contributed by atoms with van der Waals surface area (Å²) in [5.41, 5.74) is 0.949. The van der Waals surface area contributed by atoms with Gasteiger partial charge in [0.05, 0.1) is 16.7 Å². The molecule has 142 valence electrons. The Hall–Kier alpha value is -0.870. The maximum Gasteiger partial charge on any atom is 0.329 e. The lowest BCUT2D eigenvalue weighted by atomic mass is 9.49. The summed E-state index contributed by atoms with van der Waals surface area (Å²) in [5.74, 6) is 2.23. The molecule has 0 saturated heterocycles. The van der Waals surface area contributed by atoms with Crippen molar-refractivity contribution in [3.8, 4) is 0 Å². The molecule has 0 unspecified atom stereocenters. The van der Waals surface area contributed by atoms with Gasteiger partial charge in [0.2, 0.25) is 0 Å². The quantitative estimate of drug-likeness (QED) is 0.656. The van der Waals surface area contributed by atoms with E-state index in [1.807, 2.05) is 0 Å². The molecule has 4 aliphatic carbocycles. The van der Waals surface area contributed by atoms with E-state index in [1.54, 1.807) is 6.07 Å². The average molecular weight is 398 g/mol. The molecule has 1 aromatic rings. The fraction of sp³-hybridized carbons (Fsp3) is 0.632. The maximum atomic E-state index is 12.7. The van der Waals surface area contributed by atoms with Crippen LogP contribution in [0.15, 0.2) is 18.2 Å². The number of hydrogen-bond donors (Lipinski definition) is 3. The number of nitrogens with one attached hydrogen (secondary N) is 1. The highest BCUT2D eigenvalue weighted by Crippen LogP contribution is 2.59. The van der Waals surface area contributed by atoms with Crippen LogP contribution in [0.1, 0.15) is 54.4 Å². The summed E-state index contributed by atoms with van der Waals surface area (Å²) in [6.45, 7) is 0.675. The summed E-state index contributed by atoms with van der Waals surface area (Å²) >= 11 is 6.16. The molecule has 0 aromatic heterocycles. The van der Waals surface area contributed by atoms with E-state index in [9.17, 15) is 9.36 Å². The predicted octanol–water partition coefficient (Wildman–Crippen LogP) is 3.96. The van der Waals surface area contributed by atoms with E-state index >= 15 is 0 Å². The number of rotatable bonds is 5. The molecule has 0 aliphatic heterocycles. The van der Waals surface area contributed by atoms with Crippen LogP contribution >= 0.6 is 19.2 Å². The number of halogens is 1. The third-order valence-corrected chi connectivity index (χ3v) is 7.56. The molecule has 4 saturated carbocycles. The van der Waals surface area contributed by atoms with Crippen LogP contribution in [0.3, 0.4) is 0 Å². The second-order valence-electron chi connectivity index (χ2n) is 8.74. The van der Waals surface area contributed by atoms with E-state index in [1.165, 1.54) is 50.7 Å². The topological polar surface area (TPSA) is 86.6 Å². The summed E-state index contributed by atoms with van der Waals surface area (Å²) in [6.07, 6.45) is 7.34. The largest absolute Gasteiger partial charge is 0.351 e. The van der Waals surface area contributed by atoms with Crippen molar-refractivity contribution >= 4 is 25.1 Å². The first-order valence-electron chi connectivity index (χ1n) is 9.33. The zero-order chi connectivity index (χ0) is 18.5. The van der Waals surface area contributed by atoms with Crippen LogP contribution in [0.5, 0.6) is 0 Å². The molecule has 0 atom stereocenters. The number of hydrogen-bond acceptors (Lipinski definition) is 2. The standard InChI is InChI=1S/C19H25ClNO4P/c20-17-2-1-12(10-26(23,24)25)6-16(17)18(22)21-11-19-7-13-3-14(8-19)5-15(4-13)9-19/h1-2,6,13-15H,3-5,7-11H2,(H,21,22)(H2,23,24,25). The first-order chi connectivity index (χ1) is 12.2. The van der Waals surface area contributed by atoms with E-state index in [0.29, 0.717) is 22.7 Å². The molecule has 5 rings (SSSR count). The Morgan fingerprint density at radius 1 is 1.15 bits per heavy atom. The van der Waals surface area contributed by atoms with Gasteiger partial charge < -0.3 is 15.1 Å². The lowest BCUT2D eigenvalue weighted by Gasteiger charge is -2.56. The fourth-order valence-electron chi connectivity index (χ4n) is 5.95. The number of carbonyl (C=O) groups excluding carboxylic acids is 1. The van der Waals surface area contributed by atoms with Crippen LogP contribution in [0.2, 0.25) is 5.02 Å². The number of amides is 1. The SMILES string of the molecule is O=C(NCC12CC3CC(CC(C3)C1)C2)c1cc(CP(=O)(O)O)ccc1Cl. The number of benzene rings is 1. The molecule has 7 heteroatoms. The van der Waals surface area contributed by atoms with Gasteiger partial charge in [-0.05, 0) is 79.4 Å². The van der Waals surface area contributed by atoms with Crippen LogP contribution in [0, 0.1) is 23.2 Å². The van der Waals surface area contributed by atoms with Gasteiger partial charge in [-0.3, -0.25) is 9.36 Å². The molecule has 1 aromatic carbocycles. The zero-order valence-electron chi connectivity index (χ0n) is 14.7. The van der Waals surface area contributed by atoms with E-state index in [0.717, 1.165) is 17.8 Å². The minimum atomic E-state index is -4.18. The molecule has 5 nitrogen and oxygen atoms in total. The lowest BCUT2D eigenvalue weighted by Crippen LogP contribution is -2.51. The molecular formula is C19H25ClNO4P. The third-order valence-electron chi connectivity index (χ3n) is 6.45. The van der Waals surface area contributed by atoms with Crippen LogP contribution < -0.4 is 5.32 Å². The lowest BCUT2D eigenvalue weighted by molar-refractivity contribution is -0.0503. The highest BCUT2D eigenvalue weighted by atomic mass is 35.5. The Bertz CT molecular complexity index is 740. The molecule has 0 radical (unpaired) electrons. The molecule has 4 fully saturated rings. The molecule has 0 spiro atoms. The number of carbonyl (C=O) groups is 1. The summed E-state index contributed by atoms with van der Waals surface area (Å²) in [4.78, 5) is 31.0. The van der Waals surface area contributed by atoms with Crippen molar-refractivity contribution in [1.82, 2.24) is 5.32 Å². The smallest absolute Gasteiger partial charge is 0.329 e. The Morgan fingerprint density at radius 3 is 2.27 bits per heavy atom. The minimum absolute atomic E-state index is 0.237. The van der Waals surface area contributed by atoms with Crippen LogP contribution in [0.25, 0.3) is 0 Å². The van der Waals surface area contributed by atoms with Crippen molar-refractivity contribution in [2.45, 2.75) is 44.7 Å². The van der Waals surface area contributed by atoms with Crippen molar-refractivity contribution in [1.29, 1.82) is 0 Å². The third kappa shape index (κ3) is 3.87. The van der Waals surface area contributed by atoms with Crippen molar-refractivity contribution in [2.75, 3.05) is 6.54 Å². The van der Waals surface area contributed by atoms with E-state index in [2.05, 4.69) is 5.32 Å². The van der Waals surface area contributed by atoms with Gasteiger partial charge in [0.15, 0.2) is 0 Å². The van der Waals surface area contributed by atoms with Crippen LogP contribution in [0.4, 0.5) is 0 Å². The summed E-state index contributed by atoms with van der Waals surface area (Å²) in [7, 11) is -4.18. The Labute approximate surface area is 158 Å². The van der Waals surface area contributed by atoms with Gasteiger partial charge in [-0.25, -0.2) is 0 Å². The summed E-state index contributed by atoms with van der Waals surface area (Å²) in [5, 5.41) is 3.38. The molecule has 4 bridgehead atoms. The van der Waals surface area contributed by atoms with Crippen molar-refractivity contribution in [2.24, 2.45) is 23.2 Å². The van der Waals surface area contributed by atoms with Gasteiger partial charge in [0, 0.05) is 6.54 Å². The molecule has 26 heavy (non-hydrogen) atoms. The van der Waals surface area contributed by atoms with Crippen molar-refractivity contribution < 1.29 is 19.1 Å². The fourth-order valence-corrected chi connectivity index (χ4v) is 6.83. The molecule has 1 amide bonds.